The molecule has 5 heteroatoms. The molecule has 1 aromatic heterocycles. The van der Waals surface area contributed by atoms with Gasteiger partial charge in [-0.2, -0.15) is 0 Å². The summed E-state index contributed by atoms with van der Waals surface area (Å²) in [6.45, 7) is 6.28. The number of pyridine rings is 1. The van der Waals surface area contributed by atoms with E-state index in [1.807, 2.05) is 6.92 Å². The number of hydrogen-bond donors (Lipinski definition) is 1. The van der Waals surface area contributed by atoms with Crippen molar-refractivity contribution in [2.45, 2.75) is 39.7 Å². The van der Waals surface area contributed by atoms with Gasteiger partial charge in [0.1, 0.15) is 10.8 Å². The lowest BCUT2D eigenvalue weighted by atomic mass is 10.0. The zero-order chi connectivity index (χ0) is 13.7. The molecule has 0 aromatic carbocycles. The van der Waals surface area contributed by atoms with Crippen LogP contribution in [0.5, 0.6) is 0 Å². The lowest BCUT2D eigenvalue weighted by Crippen LogP contribution is -2.33. The summed E-state index contributed by atoms with van der Waals surface area (Å²) >= 11 is 11.7. The number of amides is 1. The average Bonchev–Trinajstić information content (AvgIpc) is 2.29. The van der Waals surface area contributed by atoms with Crippen LogP contribution in [-0.4, -0.2) is 16.9 Å². The Kier molecular flexibility index (Phi) is 5.89. The van der Waals surface area contributed by atoms with E-state index in [-0.39, 0.29) is 22.8 Å². The van der Waals surface area contributed by atoms with Crippen molar-refractivity contribution in [3.63, 3.8) is 0 Å². The van der Waals surface area contributed by atoms with Crippen LogP contribution in [0.2, 0.25) is 10.2 Å². The van der Waals surface area contributed by atoms with E-state index in [9.17, 15) is 4.79 Å². The van der Waals surface area contributed by atoms with E-state index >= 15 is 0 Å². The molecule has 0 saturated heterocycles. The highest BCUT2D eigenvalue weighted by molar-refractivity contribution is 6.34. The zero-order valence-electron chi connectivity index (χ0n) is 10.8. The highest BCUT2D eigenvalue weighted by Gasteiger charge is 2.15. The Bertz CT molecular complexity index is 421. The van der Waals surface area contributed by atoms with Gasteiger partial charge in [0.25, 0.3) is 5.91 Å². The molecule has 1 aromatic rings. The van der Waals surface area contributed by atoms with Crippen molar-refractivity contribution in [3.8, 4) is 0 Å². The van der Waals surface area contributed by atoms with Gasteiger partial charge in [-0.1, -0.05) is 37.0 Å². The van der Waals surface area contributed by atoms with E-state index in [2.05, 4.69) is 24.1 Å². The van der Waals surface area contributed by atoms with Crippen LogP contribution in [0.4, 0.5) is 0 Å². The Balaban J connectivity index is 2.62. The summed E-state index contributed by atoms with van der Waals surface area (Å²) in [7, 11) is 0. The van der Waals surface area contributed by atoms with Gasteiger partial charge in [0, 0.05) is 6.04 Å². The first-order valence-electron chi connectivity index (χ1n) is 6.03. The minimum atomic E-state index is -0.279. The molecule has 1 atom stereocenters. The second-order valence-electron chi connectivity index (χ2n) is 4.81. The first-order chi connectivity index (χ1) is 8.40. The normalized spacial score (nSPS) is 12.6. The number of carbonyl (C=O) groups excluding carboxylic acids is 1. The van der Waals surface area contributed by atoms with Crippen LogP contribution in [0.25, 0.3) is 0 Å². The van der Waals surface area contributed by atoms with Gasteiger partial charge in [-0.05, 0) is 37.8 Å². The third-order valence-corrected chi connectivity index (χ3v) is 3.10. The molecule has 3 nitrogen and oxygen atoms in total. The predicted molar refractivity (Wildman–Crippen MR) is 75.3 cm³/mol. The predicted octanol–water partition coefficient (Wildman–Crippen LogP) is 3.94. The van der Waals surface area contributed by atoms with Crippen molar-refractivity contribution in [1.82, 2.24) is 10.3 Å². The Morgan fingerprint density at radius 2 is 1.94 bits per heavy atom. The van der Waals surface area contributed by atoms with Gasteiger partial charge in [0.15, 0.2) is 0 Å². The average molecular weight is 289 g/mol. The van der Waals surface area contributed by atoms with E-state index in [1.54, 1.807) is 12.1 Å². The lowest BCUT2D eigenvalue weighted by Gasteiger charge is -2.15. The fraction of sp³-hybridized carbons (Fsp3) is 0.538. The van der Waals surface area contributed by atoms with Crippen molar-refractivity contribution in [2.75, 3.05) is 0 Å². The second-order valence-corrected chi connectivity index (χ2v) is 5.60. The standard InChI is InChI=1S/C13H18Cl2N2O/c1-8(2)4-5-9(3)16-13(18)12-10(14)6-7-11(15)17-12/h6-9H,4-5H2,1-3H3,(H,16,18). The number of halogens is 2. The first kappa shape index (κ1) is 15.3. The smallest absolute Gasteiger partial charge is 0.271 e. The molecule has 100 valence electrons. The molecule has 0 aliphatic rings. The highest BCUT2D eigenvalue weighted by atomic mass is 35.5. The largest absolute Gasteiger partial charge is 0.348 e. The van der Waals surface area contributed by atoms with Crippen LogP contribution >= 0.6 is 23.2 Å². The first-order valence-corrected chi connectivity index (χ1v) is 6.78. The van der Waals surface area contributed by atoms with Gasteiger partial charge in [-0.3, -0.25) is 4.79 Å². The Morgan fingerprint density at radius 3 is 2.56 bits per heavy atom. The van der Waals surface area contributed by atoms with E-state index < -0.39 is 0 Å². The van der Waals surface area contributed by atoms with Crippen LogP contribution in [0, 0.1) is 5.92 Å². The highest BCUT2D eigenvalue weighted by Crippen LogP contribution is 2.17. The van der Waals surface area contributed by atoms with Crippen molar-refractivity contribution < 1.29 is 4.79 Å². The molecule has 0 spiro atoms. The van der Waals surface area contributed by atoms with E-state index in [0.29, 0.717) is 10.9 Å². The fourth-order valence-corrected chi connectivity index (χ4v) is 1.86. The fourth-order valence-electron chi connectivity index (χ4n) is 1.53. The van der Waals surface area contributed by atoms with Crippen molar-refractivity contribution in [2.24, 2.45) is 5.92 Å². The minimum Gasteiger partial charge on any atom is -0.348 e. The molecule has 0 aliphatic carbocycles. The summed E-state index contributed by atoms with van der Waals surface area (Å²) in [4.78, 5) is 15.9. The number of aromatic nitrogens is 1. The summed E-state index contributed by atoms with van der Waals surface area (Å²) in [6, 6.07) is 3.23. The molecule has 0 bridgehead atoms. The number of nitrogens with one attached hydrogen (secondary N) is 1. The number of carbonyl (C=O) groups is 1. The van der Waals surface area contributed by atoms with Gasteiger partial charge >= 0.3 is 0 Å². The molecule has 18 heavy (non-hydrogen) atoms. The third-order valence-electron chi connectivity index (χ3n) is 2.58. The van der Waals surface area contributed by atoms with Crippen molar-refractivity contribution in [1.29, 1.82) is 0 Å². The lowest BCUT2D eigenvalue weighted by molar-refractivity contribution is 0.0932. The maximum Gasteiger partial charge on any atom is 0.271 e. The molecule has 0 aliphatic heterocycles. The summed E-state index contributed by atoms with van der Waals surface area (Å²) in [6.07, 6.45) is 2.00. The van der Waals surface area contributed by atoms with Crippen LogP contribution < -0.4 is 5.32 Å². The molecular weight excluding hydrogens is 271 g/mol. The number of hydrogen-bond acceptors (Lipinski definition) is 2. The zero-order valence-corrected chi connectivity index (χ0v) is 12.3. The maximum absolute atomic E-state index is 12.0. The molecule has 1 N–H and O–H groups in total. The van der Waals surface area contributed by atoms with Gasteiger partial charge in [-0.25, -0.2) is 4.98 Å². The Labute approximate surface area is 118 Å². The van der Waals surface area contributed by atoms with E-state index in [1.165, 1.54) is 0 Å². The van der Waals surface area contributed by atoms with Gasteiger partial charge in [-0.15, -0.1) is 0 Å². The number of rotatable bonds is 5. The molecule has 0 radical (unpaired) electrons. The number of nitrogens with zero attached hydrogens (tertiary/aromatic N) is 1. The van der Waals surface area contributed by atoms with Gasteiger partial charge < -0.3 is 5.32 Å². The molecule has 1 rings (SSSR count). The molecular formula is C13H18Cl2N2O. The van der Waals surface area contributed by atoms with Gasteiger partial charge in [0.2, 0.25) is 0 Å². The molecule has 0 saturated carbocycles. The third kappa shape index (κ3) is 4.83. The summed E-state index contributed by atoms with van der Waals surface area (Å²) in [5.74, 6) is 0.344. The topological polar surface area (TPSA) is 42.0 Å². The Hall–Kier alpha value is -0.800. The van der Waals surface area contributed by atoms with Gasteiger partial charge in [0.05, 0.1) is 5.02 Å². The molecule has 1 heterocycles. The summed E-state index contributed by atoms with van der Waals surface area (Å²) in [5.41, 5.74) is 0.181. The quantitative estimate of drug-likeness (QED) is 0.834. The van der Waals surface area contributed by atoms with Crippen LogP contribution in [0.1, 0.15) is 44.1 Å². The van der Waals surface area contributed by atoms with Crippen molar-refractivity contribution >= 4 is 29.1 Å². The van der Waals surface area contributed by atoms with E-state index in [0.717, 1.165) is 12.8 Å². The molecule has 1 unspecified atom stereocenters. The minimum absolute atomic E-state index is 0.0942. The maximum atomic E-state index is 12.0. The van der Waals surface area contributed by atoms with E-state index in [4.69, 9.17) is 23.2 Å². The SMILES string of the molecule is CC(C)CCC(C)NC(=O)c1nc(Cl)ccc1Cl. The monoisotopic (exact) mass is 288 g/mol. The molecule has 1 amide bonds. The van der Waals surface area contributed by atoms with Crippen LogP contribution in [0.3, 0.4) is 0 Å². The Morgan fingerprint density at radius 1 is 1.28 bits per heavy atom. The van der Waals surface area contributed by atoms with Crippen molar-refractivity contribution in [3.05, 3.63) is 28.0 Å². The second kappa shape index (κ2) is 6.95. The van der Waals surface area contributed by atoms with Crippen LogP contribution in [-0.2, 0) is 0 Å². The summed E-state index contributed by atoms with van der Waals surface area (Å²) < 4.78 is 0. The van der Waals surface area contributed by atoms with Crippen LogP contribution in [0.15, 0.2) is 12.1 Å². The summed E-state index contributed by atoms with van der Waals surface area (Å²) in [5, 5.41) is 3.45. The molecule has 0 fully saturated rings.